The van der Waals surface area contributed by atoms with Crippen LogP contribution >= 0.6 is 0 Å². The van der Waals surface area contributed by atoms with Gasteiger partial charge in [-0.25, -0.2) is 9.18 Å². The average Bonchev–Trinajstić information content (AvgIpc) is 3.13. The molecule has 4 rings (SSSR count). The van der Waals surface area contributed by atoms with E-state index in [2.05, 4.69) is 10.1 Å². The van der Waals surface area contributed by atoms with Crippen molar-refractivity contribution in [2.75, 3.05) is 0 Å². The summed E-state index contributed by atoms with van der Waals surface area (Å²) in [7, 11) is 1.85. The zero-order chi connectivity index (χ0) is 20.7. The second-order valence-electron chi connectivity index (χ2n) is 7.38. The highest BCUT2D eigenvalue weighted by atomic mass is 19.1. The fraction of sp³-hybridized carbons (Fsp3) is 0.174. The number of benzene rings is 2. The highest BCUT2D eigenvalue weighted by molar-refractivity contribution is 5.98. The van der Waals surface area contributed by atoms with Gasteiger partial charge >= 0.3 is 5.97 Å². The van der Waals surface area contributed by atoms with Crippen molar-refractivity contribution < 1.29 is 14.3 Å². The van der Waals surface area contributed by atoms with Gasteiger partial charge in [-0.2, -0.15) is 5.10 Å². The summed E-state index contributed by atoms with van der Waals surface area (Å²) in [5, 5.41) is 14.3. The molecule has 0 aliphatic heterocycles. The van der Waals surface area contributed by atoms with Crippen molar-refractivity contribution in [2.45, 2.75) is 19.8 Å². The molecule has 0 spiro atoms. The maximum absolute atomic E-state index is 14.8. The number of aryl methyl sites for hydroxylation is 1. The van der Waals surface area contributed by atoms with Crippen molar-refractivity contribution in [1.82, 2.24) is 14.8 Å². The van der Waals surface area contributed by atoms with Crippen molar-refractivity contribution in [3.63, 3.8) is 0 Å². The Balaban J connectivity index is 1.91. The predicted molar refractivity (Wildman–Crippen MR) is 110 cm³/mol. The van der Waals surface area contributed by atoms with E-state index in [-0.39, 0.29) is 11.5 Å². The summed E-state index contributed by atoms with van der Waals surface area (Å²) < 4.78 is 16.6. The lowest BCUT2D eigenvalue weighted by Crippen LogP contribution is -2.04. The molecule has 29 heavy (non-hydrogen) atoms. The quantitative estimate of drug-likeness (QED) is 0.517. The molecule has 0 aliphatic rings. The van der Waals surface area contributed by atoms with Crippen LogP contribution in [0.1, 0.15) is 35.7 Å². The van der Waals surface area contributed by atoms with Crippen molar-refractivity contribution in [1.29, 1.82) is 0 Å². The molecule has 0 atom stereocenters. The Labute approximate surface area is 167 Å². The van der Waals surface area contributed by atoms with E-state index < -0.39 is 11.8 Å². The molecule has 0 amide bonds. The summed E-state index contributed by atoms with van der Waals surface area (Å²) in [6.45, 7) is 3.85. The molecule has 2 aromatic carbocycles. The Bertz CT molecular complexity index is 1240. The molecule has 0 unspecified atom stereocenters. The van der Waals surface area contributed by atoms with Crippen LogP contribution in [0.15, 0.2) is 55.0 Å². The Hall–Kier alpha value is -3.54. The molecule has 5 nitrogen and oxygen atoms in total. The van der Waals surface area contributed by atoms with E-state index in [0.29, 0.717) is 27.6 Å². The second-order valence-corrected chi connectivity index (χ2v) is 7.38. The molecule has 0 saturated heterocycles. The topological polar surface area (TPSA) is 68.0 Å². The number of carboxylic acids is 1. The summed E-state index contributed by atoms with van der Waals surface area (Å²) in [6, 6.07) is 10.6. The van der Waals surface area contributed by atoms with Crippen molar-refractivity contribution in [2.24, 2.45) is 7.05 Å². The third-order valence-electron chi connectivity index (χ3n) is 5.05. The minimum Gasteiger partial charge on any atom is -0.478 e. The number of rotatable bonds is 4. The van der Waals surface area contributed by atoms with Gasteiger partial charge in [0.15, 0.2) is 0 Å². The maximum Gasteiger partial charge on any atom is 0.335 e. The van der Waals surface area contributed by atoms with Gasteiger partial charge in [-0.05, 0) is 40.8 Å². The van der Waals surface area contributed by atoms with Gasteiger partial charge in [-0.15, -0.1) is 0 Å². The van der Waals surface area contributed by atoms with Gasteiger partial charge in [0.1, 0.15) is 5.82 Å². The van der Waals surface area contributed by atoms with Crippen LogP contribution in [0.4, 0.5) is 4.39 Å². The average molecular weight is 389 g/mol. The maximum atomic E-state index is 14.8. The lowest BCUT2D eigenvalue weighted by molar-refractivity contribution is 0.0695. The van der Waals surface area contributed by atoms with Gasteiger partial charge in [-0.1, -0.05) is 32.0 Å². The molecule has 1 N–H and O–H groups in total. The Kier molecular flexibility index (Phi) is 4.62. The first kappa shape index (κ1) is 18.8. The number of fused-ring (bicyclic) bond motifs is 1. The van der Waals surface area contributed by atoms with E-state index >= 15 is 0 Å². The summed E-state index contributed by atoms with van der Waals surface area (Å²) >= 11 is 0. The van der Waals surface area contributed by atoms with Gasteiger partial charge in [0.25, 0.3) is 0 Å². The van der Waals surface area contributed by atoms with Gasteiger partial charge < -0.3 is 5.11 Å². The zero-order valence-corrected chi connectivity index (χ0v) is 16.3. The monoisotopic (exact) mass is 389 g/mol. The van der Waals surface area contributed by atoms with E-state index in [1.54, 1.807) is 29.1 Å². The first-order valence-corrected chi connectivity index (χ1v) is 9.30. The summed E-state index contributed by atoms with van der Waals surface area (Å²) in [5.74, 6) is -1.43. The molecule has 2 heterocycles. The molecule has 0 saturated carbocycles. The first-order valence-electron chi connectivity index (χ1n) is 9.30. The summed E-state index contributed by atoms with van der Waals surface area (Å²) in [4.78, 5) is 15.8. The van der Waals surface area contributed by atoms with Crippen LogP contribution in [-0.4, -0.2) is 25.8 Å². The zero-order valence-electron chi connectivity index (χ0n) is 16.3. The molecule has 0 bridgehead atoms. The lowest BCUT2D eigenvalue weighted by atomic mass is 9.91. The van der Waals surface area contributed by atoms with Gasteiger partial charge in [0.2, 0.25) is 0 Å². The molecular weight excluding hydrogens is 369 g/mol. The highest BCUT2D eigenvalue weighted by Gasteiger charge is 2.18. The number of carboxylic acid groups (broad SMARTS) is 1. The number of hydrogen-bond acceptors (Lipinski definition) is 3. The molecular formula is C23H20FN3O2. The van der Waals surface area contributed by atoms with E-state index in [1.807, 2.05) is 45.3 Å². The number of carbonyl (C=O) groups is 1. The molecule has 2 aromatic heterocycles. The molecule has 0 radical (unpaired) electrons. The third-order valence-corrected chi connectivity index (χ3v) is 5.05. The molecule has 0 fully saturated rings. The number of aromatic nitrogens is 3. The van der Waals surface area contributed by atoms with Gasteiger partial charge in [0, 0.05) is 29.8 Å². The van der Waals surface area contributed by atoms with Crippen LogP contribution < -0.4 is 0 Å². The molecule has 6 heteroatoms. The minimum absolute atomic E-state index is 0.00519. The predicted octanol–water partition coefficient (Wildman–Crippen LogP) is 5.26. The number of aromatic carboxylic acids is 1. The summed E-state index contributed by atoms with van der Waals surface area (Å²) in [5.41, 5.74) is 4.53. The number of pyridine rings is 1. The SMILES string of the molecule is CC(C)c1cc(-c2c(F)cnc3cc(-c4cnn(C)c4)ccc23)ccc1C(=O)O. The number of halogens is 1. The standard InChI is InChI=1S/C23H20FN3O2/c1-13(2)19-8-15(5-6-17(19)23(28)29)22-18-7-4-14(16-10-26-27(3)12-16)9-21(18)25-11-20(22)24/h4-13H,1-3H3,(H,28,29). The van der Waals surface area contributed by atoms with Crippen LogP contribution in [0.5, 0.6) is 0 Å². The number of nitrogens with zero attached hydrogens (tertiary/aromatic N) is 3. The molecule has 146 valence electrons. The largest absolute Gasteiger partial charge is 0.478 e. The van der Waals surface area contributed by atoms with Gasteiger partial charge in [-0.3, -0.25) is 9.67 Å². The van der Waals surface area contributed by atoms with E-state index in [1.165, 1.54) is 6.20 Å². The normalized spacial score (nSPS) is 11.3. The van der Waals surface area contributed by atoms with E-state index in [0.717, 1.165) is 11.1 Å². The van der Waals surface area contributed by atoms with E-state index in [9.17, 15) is 14.3 Å². The van der Waals surface area contributed by atoms with Crippen LogP contribution in [-0.2, 0) is 7.05 Å². The highest BCUT2D eigenvalue weighted by Crippen LogP contribution is 2.35. The first-order chi connectivity index (χ1) is 13.8. The molecule has 4 aromatic rings. The van der Waals surface area contributed by atoms with Crippen molar-refractivity contribution >= 4 is 16.9 Å². The fourth-order valence-electron chi connectivity index (χ4n) is 3.60. The van der Waals surface area contributed by atoms with Gasteiger partial charge in [0.05, 0.1) is 23.5 Å². The number of hydrogen-bond donors (Lipinski definition) is 1. The smallest absolute Gasteiger partial charge is 0.335 e. The van der Waals surface area contributed by atoms with Crippen molar-refractivity contribution in [3.05, 3.63) is 71.9 Å². The molecule has 0 aliphatic carbocycles. The Morgan fingerprint density at radius 1 is 1.07 bits per heavy atom. The van der Waals surface area contributed by atoms with Crippen LogP contribution in [0, 0.1) is 5.82 Å². The lowest BCUT2D eigenvalue weighted by Gasteiger charge is -2.14. The van der Waals surface area contributed by atoms with Crippen LogP contribution in [0.3, 0.4) is 0 Å². The van der Waals surface area contributed by atoms with Crippen LogP contribution in [0.25, 0.3) is 33.2 Å². The third kappa shape index (κ3) is 3.38. The fourth-order valence-corrected chi connectivity index (χ4v) is 3.60. The van der Waals surface area contributed by atoms with E-state index in [4.69, 9.17) is 0 Å². The Morgan fingerprint density at radius 2 is 1.83 bits per heavy atom. The van der Waals surface area contributed by atoms with Crippen LogP contribution in [0.2, 0.25) is 0 Å². The summed E-state index contributed by atoms with van der Waals surface area (Å²) in [6.07, 6.45) is 4.89. The van der Waals surface area contributed by atoms with Crippen molar-refractivity contribution in [3.8, 4) is 22.3 Å². The Morgan fingerprint density at radius 3 is 2.48 bits per heavy atom. The second kappa shape index (κ2) is 7.13. The minimum atomic E-state index is -0.985.